The smallest absolute Gasteiger partial charge is 0.272 e. The lowest BCUT2D eigenvalue weighted by Crippen LogP contribution is -2.42. The first-order valence-corrected chi connectivity index (χ1v) is 7.43. The Balaban J connectivity index is 2.19. The van der Waals surface area contributed by atoms with E-state index in [4.69, 9.17) is 0 Å². The fraction of sp³-hybridized carbons (Fsp3) is 0.438. The summed E-state index contributed by atoms with van der Waals surface area (Å²) in [4.78, 5) is 23.9. The minimum Gasteiger partial charge on any atom is -0.394 e. The largest absolute Gasteiger partial charge is 0.394 e. The van der Waals surface area contributed by atoms with Gasteiger partial charge < -0.3 is 10.4 Å². The second-order valence-electron chi connectivity index (χ2n) is 5.46. The molecule has 1 aromatic carbocycles. The zero-order chi connectivity index (χ0) is 16.1. The number of nitrogens with zero attached hydrogens (tertiary/aromatic N) is 1. The van der Waals surface area contributed by atoms with E-state index in [-0.39, 0.29) is 36.5 Å². The van der Waals surface area contributed by atoms with E-state index >= 15 is 0 Å². The Labute approximate surface area is 128 Å². The molecule has 1 heterocycles. The zero-order valence-electron chi connectivity index (χ0n) is 12.8. The Morgan fingerprint density at radius 1 is 1.36 bits per heavy atom. The molecule has 0 aliphatic rings. The Morgan fingerprint density at radius 3 is 2.68 bits per heavy atom. The third kappa shape index (κ3) is 3.51. The lowest BCUT2D eigenvalue weighted by atomic mass is 9.99. The number of hydrogen-bond acceptors (Lipinski definition) is 4. The molecule has 22 heavy (non-hydrogen) atoms. The van der Waals surface area contributed by atoms with Crippen LogP contribution in [0, 0.1) is 5.92 Å². The van der Waals surface area contributed by atoms with Gasteiger partial charge in [0.05, 0.1) is 30.1 Å². The first-order chi connectivity index (χ1) is 10.6. The molecule has 0 fully saturated rings. The maximum absolute atomic E-state index is 12.2. The van der Waals surface area contributed by atoms with Gasteiger partial charge >= 0.3 is 0 Å². The molecule has 6 heteroatoms. The summed E-state index contributed by atoms with van der Waals surface area (Å²) in [5.41, 5.74) is 0.251. The predicted molar refractivity (Wildman–Crippen MR) is 84.5 cm³/mol. The highest BCUT2D eigenvalue weighted by Gasteiger charge is 2.18. The summed E-state index contributed by atoms with van der Waals surface area (Å²) in [7, 11) is 0. The van der Waals surface area contributed by atoms with Crippen molar-refractivity contribution in [2.75, 3.05) is 6.61 Å². The fourth-order valence-corrected chi connectivity index (χ4v) is 2.37. The molecule has 1 aromatic heterocycles. The van der Waals surface area contributed by atoms with Gasteiger partial charge in [-0.3, -0.25) is 9.59 Å². The molecule has 118 valence electrons. The molecule has 0 aliphatic heterocycles. The fourth-order valence-electron chi connectivity index (χ4n) is 2.37. The van der Waals surface area contributed by atoms with Gasteiger partial charge in [-0.25, -0.2) is 5.10 Å². The van der Waals surface area contributed by atoms with E-state index in [0.717, 1.165) is 6.42 Å². The maximum Gasteiger partial charge on any atom is 0.272 e. The number of fused-ring (bicyclic) bond motifs is 1. The number of carbonyl (C=O) groups excluding carboxylic acids is 1. The van der Waals surface area contributed by atoms with Gasteiger partial charge in [0.25, 0.3) is 5.56 Å². The van der Waals surface area contributed by atoms with Crippen LogP contribution in [0.25, 0.3) is 10.8 Å². The topological polar surface area (TPSA) is 95.1 Å². The van der Waals surface area contributed by atoms with Gasteiger partial charge in [0.15, 0.2) is 0 Å². The first kappa shape index (κ1) is 16.2. The number of amides is 1. The highest BCUT2D eigenvalue weighted by Crippen LogP contribution is 2.13. The van der Waals surface area contributed by atoms with E-state index in [1.54, 1.807) is 24.3 Å². The van der Waals surface area contributed by atoms with Crippen molar-refractivity contribution in [3.8, 4) is 0 Å². The molecule has 2 rings (SSSR count). The lowest BCUT2D eigenvalue weighted by Gasteiger charge is -2.22. The van der Waals surface area contributed by atoms with Gasteiger partial charge in [-0.15, -0.1) is 0 Å². The van der Waals surface area contributed by atoms with Crippen LogP contribution in [-0.2, 0) is 11.2 Å². The molecule has 0 aliphatic carbocycles. The number of H-pyrrole nitrogens is 1. The SMILES string of the molecule is CC[C@H](C)[C@H](CO)NC(=O)Cc1n[nH]c(=O)c2ccccc12. The summed E-state index contributed by atoms with van der Waals surface area (Å²) >= 11 is 0. The van der Waals surface area contributed by atoms with E-state index < -0.39 is 0 Å². The lowest BCUT2D eigenvalue weighted by molar-refractivity contribution is -0.121. The van der Waals surface area contributed by atoms with Crippen LogP contribution in [0.4, 0.5) is 0 Å². The van der Waals surface area contributed by atoms with E-state index in [2.05, 4.69) is 15.5 Å². The number of aromatic nitrogens is 2. The normalized spacial score (nSPS) is 13.8. The first-order valence-electron chi connectivity index (χ1n) is 7.43. The minimum absolute atomic E-state index is 0.0597. The van der Waals surface area contributed by atoms with Gasteiger partial charge in [0.1, 0.15) is 0 Å². The van der Waals surface area contributed by atoms with Gasteiger partial charge in [0, 0.05) is 5.39 Å². The molecule has 0 saturated heterocycles. The van der Waals surface area contributed by atoms with Crippen molar-refractivity contribution in [2.24, 2.45) is 5.92 Å². The Hall–Kier alpha value is -2.21. The monoisotopic (exact) mass is 303 g/mol. The predicted octanol–water partition coefficient (Wildman–Crippen LogP) is 0.989. The summed E-state index contributed by atoms with van der Waals surface area (Å²) in [5, 5.41) is 19.8. The molecule has 2 aromatic rings. The Morgan fingerprint density at radius 2 is 2.05 bits per heavy atom. The van der Waals surface area contributed by atoms with Crippen LogP contribution < -0.4 is 10.9 Å². The quantitative estimate of drug-likeness (QED) is 0.741. The van der Waals surface area contributed by atoms with Gasteiger partial charge in [-0.2, -0.15) is 5.10 Å². The molecule has 0 unspecified atom stereocenters. The van der Waals surface area contributed by atoms with E-state index in [1.807, 2.05) is 13.8 Å². The van der Waals surface area contributed by atoms with Gasteiger partial charge in [0.2, 0.25) is 5.91 Å². The molecule has 0 bridgehead atoms. The summed E-state index contributed by atoms with van der Waals surface area (Å²) < 4.78 is 0. The number of rotatable bonds is 6. The van der Waals surface area contributed by atoms with Crippen molar-refractivity contribution < 1.29 is 9.90 Å². The third-order valence-electron chi connectivity index (χ3n) is 3.98. The van der Waals surface area contributed by atoms with Crippen molar-refractivity contribution >= 4 is 16.7 Å². The standard InChI is InChI=1S/C16H21N3O3/c1-3-10(2)14(9-20)17-15(21)8-13-11-6-4-5-7-12(11)16(22)19-18-13/h4-7,10,14,20H,3,8-9H2,1-2H3,(H,17,21)(H,19,22)/t10-,14-/m0/s1. The maximum atomic E-state index is 12.2. The average molecular weight is 303 g/mol. The number of hydrogen-bond donors (Lipinski definition) is 3. The van der Waals surface area contributed by atoms with Crippen molar-refractivity contribution in [1.29, 1.82) is 0 Å². The van der Waals surface area contributed by atoms with Crippen LogP contribution in [0.2, 0.25) is 0 Å². The van der Waals surface area contributed by atoms with E-state index in [0.29, 0.717) is 16.5 Å². The molecule has 0 radical (unpaired) electrons. The molecular formula is C16H21N3O3. The molecule has 2 atom stereocenters. The number of aliphatic hydroxyl groups is 1. The summed E-state index contributed by atoms with van der Waals surface area (Å²) in [6.07, 6.45) is 0.926. The molecule has 6 nitrogen and oxygen atoms in total. The Kier molecular flexibility index (Phi) is 5.27. The van der Waals surface area contributed by atoms with Crippen molar-refractivity contribution in [3.63, 3.8) is 0 Å². The molecule has 0 saturated carbocycles. The summed E-state index contributed by atoms with van der Waals surface area (Å²) in [6.45, 7) is 3.89. The van der Waals surface area contributed by atoms with E-state index in [1.165, 1.54) is 0 Å². The second-order valence-corrected chi connectivity index (χ2v) is 5.46. The van der Waals surface area contributed by atoms with Crippen LogP contribution in [0.5, 0.6) is 0 Å². The number of nitrogens with one attached hydrogen (secondary N) is 2. The zero-order valence-corrected chi connectivity index (χ0v) is 12.8. The summed E-state index contributed by atoms with van der Waals surface area (Å²) in [5.74, 6) is -0.0294. The van der Waals surface area contributed by atoms with Gasteiger partial charge in [-0.05, 0) is 12.0 Å². The highest BCUT2D eigenvalue weighted by molar-refractivity contribution is 5.88. The van der Waals surface area contributed by atoms with E-state index in [9.17, 15) is 14.7 Å². The minimum atomic E-state index is -0.272. The van der Waals surface area contributed by atoms with Crippen LogP contribution in [0.15, 0.2) is 29.1 Å². The Bertz CT molecular complexity index is 711. The third-order valence-corrected chi connectivity index (χ3v) is 3.98. The average Bonchev–Trinajstić information content (AvgIpc) is 2.54. The van der Waals surface area contributed by atoms with Crippen LogP contribution in [0.1, 0.15) is 26.0 Å². The van der Waals surface area contributed by atoms with Gasteiger partial charge in [-0.1, -0.05) is 38.5 Å². The summed E-state index contributed by atoms with van der Waals surface area (Å²) in [6, 6.07) is 6.78. The highest BCUT2D eigenvalue weighted by atomic mass is 16.3. The molecular weight excluding hydrogens is 282 g/mol. The number of carbonyl (C=O) groups is 1. The van der Waals surface area contributed by atoms with Crippen molar-refractivity contribution in [2.45, 2.75) is 32.7 Å². The molecule has 3 N–H and O–H groups in total. The second kappa shape index (κ2) is 7.17. The van der Waals surface area contributed by atoms with Crippen LogP contribution in [0.3, 0.4) is 0 Å². The van der Waals surface area contributed by atoms with Crippen molar-refractivity contribution in [3.05, 3.63) is 40.3 Å². The number of benzene rings is 1. The van der Waals surface area contributed by atoms with Crippen molar-refractivity contribution in [1.82, 2.24) is 15.5 Å². The van der Waals surface area contributed by atoms with Crippen LogP contribution in [-0.4, -0.2) is 33.9 Å². The van der Waals surface area contributed by atoms with Crippen LogP contribution >= 0.6 is 0 Å². The molecule has 1 amide bonds. The number of aromatic amines is 1. The molecule has 0 spiro atoms. The number of aliphatic hydroxyl groups excluding tert-OH is 1.